The molecule has 1 heteroatoms. The fraction of sp³-hybridized carbons (Fsp3) is 0.958. The third-order valence-electron chi connectivity index (χ3n) is 5.38. The molecule has 0 aliphatic heterocycles. The van der Waals surface area contributed by atoms with Crippen LogP contribution >= 0.6 is 0 Å². The molecule has 0 bridgehead atoms. The first-order valence-electron chi connectivity index (χ1n) is 11.8. The van der Waals surface area contributed by atoms with Gasteiger partial charge in [-0.3, -0.25) is 4.79 Å². The summed E-state index contributed by atoms with van der Waals surface area (Å²) in [7, 11) is 0. The second-order valence-electron chi connectivity index (χ2n) is 7.97. The molecule has 0 fully saturated rings. The summed E-state index contributed by atoms with van der Waals surface area (Å²) < 4.78 is 0. The van der Waals surface area contributed by atoms with Crippen LogP contribution in [0.3, 0.4) is 0 Å². The third-order valence-corrected chi connectivity index (χ3v) is 5.38. The van der Waals surface area contributed by atoms with E-state index >= 15 is 0 Å². The molecule has 0 saturated heterocycles. The van der Waals surface area contributed by atoms with Gasteiger partial charge in [-0.2, -0.15) is 0 Å². The van der Waals surface area contributed by atoms with Gasteiger partial charge in [0.2, 0.25) is 0 Å². The number of hydrogen-bond donors (Lipinski definition) is 0. The lowest BCUT2D eigenvalue weighted by Gasteiger charge is -2.04. The Hall–Kier alpha value is -0.330. The minimum atomic E-state index is 0.638. The van der Waals surface area contributed by atoms with E-state index in [1.54, 1.807) is 0 Å². The average Bonchev–Trinajstić information content (AvgIpc) is 2.63. The first kappa shape index (κ1) is 24.7. The van der Waals surface area contributed by atoms with E-state index in [-0.39, 0.29) is 0 Å². The number of hydrogen-bond acceptors (Lipinski definition) is 1. The fourth-order valence-corrected chi connectivity index (χ4v) is 3.63. The summed E-state index contributed by atoms with van der Waals surface area (Å²) in [6.07, 6.45) is 32.1. The van der Waals surface area contributed by atoms with Crippen LogP contribution in [-0.4, -0.2) is 6.29 Å². The van der Waals surface area contributed by atoms with Crippen molar-refractivity contribution in [3.05, 3.63) is 0 Å². The molecule has 0 heterocycles. The summed E-state index contributed by atoms with van der Waals surface area (Å²) in [5, 5.41) is 0. The van der Waals surface area contributed by atoms with Gasteiger partial charge in [0.25, 0.3) is 0 Å². The lowest BCUT2D eigenvalue weighted by atomic mass is 10.0. The van der Waals surface area contributed by atoms with E-state index in [4.69, 9.17) is 0 Å². The lowest BCUT2D eigenvalue weighted by Crippen LogP contribution is -1.84. The molecule has 1 radical (unpaired) electrons. The van der Waals surface area contributed by atoms with Crippen molar-refractivity contribution in [1.82, 2.24) is 0 Å². The first-order valence-corrected chi connectivity index (χ1v) is 11.8. The topological polar surface area (TPSA) is 17.1 Å². The van der Waals surface area contributed by atoms with E-state index in [2.05, 4.69) is 6.92 Å². The molecule has 1 nitrogen and oxygen atoms in total. The Morgan fingerprint density at radius 2 is 0.640 bits per heavy atom. The van der Waals surface area contributed by atoms with Gasteiger partial charge in [0.05, 0.1) is 0 Å². The number of carbonyl (C=O) groups excluding carboxylic acids is 1. The molecule has 0 unspecified atom stereocenters. The second-order valence-corrected chi connectivity index (χ2v) is 7.97. The highest BCUT2D eigenvalue weighted by Crippen LogP contribution is 2.15. The largest absolute Gasteiger partial charge is 0.291 e. The SMILES string of the molecule is CCCCCCCCCCCCCCCCCCCCCCC[C]=O. The minimum absolute atomic E-state index is 0.638. The molecule has 149 valence electrons. The summed E-state index contributed by atoms with van der Waals surface area (Å²) in [4.78, 5) is 10.1. The molecule has 0 amide bonds. The molecule has 0 atom stereocenters. The third kappa shape index (κ3) is 23.7. The van der Waals surface area contributed by atoms with Gasteiger partial charge in [-0.15, -0.1) is 0 Å². The molecule has 25 heavy (non-hydrogen) atoms. The molecule has 0 saturated carbocycles. The zero-order chi connectivity index (χ0) is 18.3. The molecule has 0 aliphatic carbocycles. The van der Waals surface area contributed by atoms with E-state index < -0.39 is 0 Å². The molecular weight excluding hydrogens is 304 g/mol. The second kappa shape index (κ2) is 23.7. The molecule has 0 N–H and O–H groups in total. The Balaban J connectivity index is 2.95. The Bertz CT molecular complexity index is 236. The molecule has 0 aromatic carbocycles. The highest BCUT2D eigenvalue weighted by molar-refractivity contribution is 5.50. The monoisotopic (exact) mass is 351 g/mol. The van der Waals surface area contributed by atoms with Crippen LogP contribution in [0.2, 0.25) is 0 Å². The zero-order valence-corrected chi connectivity index (χ0v) is 17.5. The van der Waals surface area contributed by atoms with Crippen LogP contribution in [0.5, 0.6) is 0 Å². The van der Waals surface area contributed by atoms with Crippen LogP contribution in [0.25, 0.3) is 0 Å². The van der Waals surface area contributed by atoms with Crippen molar-refractivity contribution in [3.8, 4) is 0 Å². The van der Waals surface area contributed by atoms with Gasteiger partial charge in [-0.1, -0.05) is 135 Å². The van der Waals surface area contributed by atoms with Crippen LogP contribution in [0.4, 0.5) is 0 Å². The standard InChI is InChI=1S/C24H47O/c1-2-3-4-5-6-7-8-9-10-11-12-13-14-15-16-17-18-19-20-21-22-23-24-25/h2-23H2,1H3. The average molecular weight is 352 g/mol. The number of rotatable bonds is 22. The Kier molecular flexibility index (Phi) is 23.4. The van der Waals surface area contributed by atoms with Crippen LogP contribution in [0.1, 0.15) is 148 Å². The highest BCUT2D eigenvalue weighted by Gasteiger charge is 1.95. The van der Waals surface area contributed by atoms with Crippen molar-refractivity contribution >= 4 is 6.29 Å². The molecule has 0 aromatic rings. The molecule has 0 rings (SSSR count). The molecule has 0 aromatic heterocycles. The van der Waals surface area contributed by atoms with Crippen LogP contribution in [0.15, 0.2) is 0 Å². The molecular formula is C24H47O. The van der Waals surface area contributed by atoms with Gasteiger partial charge in [0.15, 0.2) is 6.29 Å². The maximum atomic E-state index is 10.1. The summed E-state index contributed by atoms with van der Waals surface area (Å²) in [5.41, 5.74) is 0. The molecule has 0 spiro atoms. The van der Waals surface area contributed by atoms with Crippen LogP contribution in [0, 0.1) is 0 Å². The normalized spacial score (nSPS) is 11.1. The zero-order valence-electron chi connectivity index (χ0n) is 17.5. The van der Waals surface area contributed by atoms with Crippen LogP contribution in [-0.2, 0) is 4.79 Å². The maximum Gasteiger partial charge on any atom is 0.198 e. The van der Waals surface area contributed by atoms with Gasteiger partial charge in [0, 0.05) is 6.42 Å². The first-order chi connectivity index (χ1) is 12.4. The Morgan fingerprint density at radius 1 is 0.400 bits per heavy atom. The molecule has 0 aliphatic rings. The van der Waals surface area contributed by atoms with Gasteiger partial charge in [-0.25, -0.2) is 0 Å². The maximum absolute atomic E-state index is 10.1. The Labute approximate surface area is 159 Å². The number of unbranched alkanes of at least 4 members (excludes halogenated alkanes) is 21. The van der Waals surface area contributed by atoms with E-state index in [0.717, 1.165) is 6.42 Å². The minimum Gasteiger partial charge on any atom is -0.291 e. The van der Waals surface area contributed by atoms with E-state index in [1.165, 1.54) is 128 Å². The quantitative estimate of drug-likeness (QED) is 0.178. The van der Waals surface area contributed by atoms with E-state index in [9.17, 15) is 4.79 Å². The summed E-state index contributed by atoms with van der Waals surface area (Å²) in [5.74, 6) is 0. The van der Waals surface area contributed by atoms with Crippen molar-refractivity contribution in [1.29, 1.82) is 0 Å². The van der Waals surface area contributed by atoms with Gasteiger partial charge in [-0.05, 0) is 6.42 Å². The van der Waals surface area contributed by atoms with Crippen molar-refractivity contribution in [3.63, 3.8) is 0 Å². The van der Waals surface area contributed by atoms with Gasteiger partial charge in [0.1, 0.15) is 0 Å². The Morgan fingerprint density at radius 3 is 0.880 bits per heavy atom. The smallest absolute Gasteiger partial charge is 0.198 e. The van der Waals surface area contributed by atoms with Gasteiger partial charge < -0.3 is 0 Å². The summed E-state index contributed by atoms with van der Waals surface area (Å²) in [6, 6.07) is 0. The van der Waals surface area contributed by atoms with E-state index in [1.807, 2.05) is 6.29 Å². The summed E-state index contributed by atoms with van der Waals surface area (Å²) >= 11 is 0. The van der Waals surface area contributed by atoms with Crippen LogP contribution < -0.4 is 0 Å². The lowest BCUT2D eigenvalue weighted by molar-refractivity contribution is 0.519. The van der Waals surface area contributed by atoms with Crippen molar-refractivity contribution < 1.29 is 4.79 Å². The van der Waals surface area contributed by atoms with Crippen molar-refractivity contribution in [2.75, 3.05) is 0 Å². The van der Waals surface area contributed by atoms with E-state index in [0.29, 0.717) is 6.42 Å². The predicted octanol–water partition coefficient (Wildman–Crippen LogP) is 8.70. The predicted molar refractivity (Wildman–Crippen MR) is 113 cm³/mol. The van der Waals surface area contributed by atoms with Crippen molar-refractivity contribution in [2.45, 2.75) is 148 Å². The van der Waals surface area contributed by atoms with Crippen molar-refractivity contribution in [2.24, 2.45) is 0 Å². The summed E-state index contributed by atoms with van der Waals surface area (Å²) in [6.45, 7) is 2.29. The highest BCUT2D eigenvalue weighted by atomic mass is 16.1. The fourth-order valence-electron chi connectivity index (χ4n) is 3.63. The van der Waals surface area contributed by atoms with Gasteiger partial charge >= 0.3 is 0 Å².